The number of anilines is 1. The summed E-state index contributed by atoms with van der Waals surface area (Å²) in [5.74, 6) is -0.0439. The number of carbonyl (C=O) groups excluding carboxylic acids is 3. The van der Waals surface area contributed by atoms with Crippen LogP contribution in [0, 0.1) is 12.3 Å². The van der Waals surface area contributed by atoms with Crippen molar-refractivity contribution in [1.82, 2.24) is 9.80 Å². The number of hydrogen-bond acceptors (Lipinski definition) is 4. The molecule has 7 heteroatoms. The summed E-state index contributed by atoms with van der Waals surface area (Å²) in [6.45, 7) is 11.4. The van der Waals surface area contributed by atoms with Gasteiger partial charge in [0.05, 0.1) is 9.88 Å². The van der Waals surface area contributed by atoms with Crippen molar-refractivity contribution in [3.8, 4) is 0 Å². The van der Waals surface area contributed by atoms with Crippen LogP contribution in [0.4, 0.5) is 5.00 Å². The standard InChI is InChI=1S/C18H27N3O3S/c1-12-11-14(19-17(24)18(3,4)5)25-15(12)16(23)21-8-6-7-20(9-10-21)13(2)22/h11H,6-10H2,1-5H3,(H,19,24). The van der Waals surface area contributed by atoms with E-state index in [0.717, 1.165) is 12.0 Å². The lowest BCUT2D eigenvalue weighted by Gasteiger charge is -2.21. The molecule has 0 radical (unpaired) electrons. The number of thiophene rings is 1. The third-order valence-electron chi connectivity index (χ3n) is 4.26. The van der Waals surface area contributed by atoms with Gasteiger partial charge in [0.1, 0.15) is 0 Å². The molecular formula is C18H27N3O3S. The molecule has 1 aliphatic rings. The Morgan fingerprint density at radius 1 is 1.08 bits per heavy atom. The minimum Gasteiger partial charge on any atom is -0.341 e. The summed E-state index contributed by atoms with van der Waals surface area (Å²) < 4.78 is 0. The average molecular weight is 365 g/mol. The molecule has 0 aliphatic carbocycles. The van der Waals surface area contributed by atoms with Crippen molar-refractivity contribution in [3.05, 3.63) is 16.5 Å². The summed E-state index contributed by atoms with van der Waals surface area (Å²) >= 11 is 1.32. The van der Waals surface area contributed by atoms with Crippen LogP contribution in [0.25, 0.3) is 0 Å². The number of rotatable bonds is 2. The number of amides is 3. The topological polar surface area (TPSA) is 69.7 Å². The van der Waals surface area contributed by atoms with E-state index in [2.05, 4.69) is 5.32 Å². The monoisotopic (exact) mass is 365 g/mol. The van der Waals surface area contributed by atoms with E-state index in [1.54, 1.807) is 16.7 Å². The molecule has 0 unspecified atom stereocenters. The molecule has 1 saturated heterocycles. The zero-order valence-corrected chi connectivity index (χ0v) is 16.5. The summed E-state index contributed by atoms with van der Waals surface area (Å²) in [7, 11) is 0. The molecule has 2 rings (SSSR count). The quantitative estimate of drug-likeness (QED) is 0.876. The van der Waals surface area contributed by atoms with Crippen LogP contribution >= 0.6 is 11.3 Å². The average Bonchev–Trinajstić information content (AvgIpc) is 2.73. The molecule has 1 aromatic heterocycles. The minimum atomic E-state index is -0.483. The van der Waals surface area contributed by atoms with Gasteiger partial charge < -0.3 is 15.1 Å². The smallest absolute Gasteiger partial charge is 0.264 e. The Kier molecular flexibility index (Phi) is 5.87. The lowest BCUT2D eigenvalue weighted by molar-refractivity contribution is -0.128. The second-order valence-corrected chi connectivity index (χ2v) is 8.53. The third-order valence-corrected chi connectivity index (χ3v) is 5.40. The van der Waals surface area contributed by atoms with Gasteiger partial charge in [-0.3, -0.25) is 14.4 Å². The number of nitrogens with one attached hydrogen (secondary N) is 1. The van der Waals surface area contributed by atoms with E-state index >= 15 is 0 Å². The molecule has 0 spiro atoms. The number of nitrogens with zero attached hydrogens (tertiary/aromatic N) is 2. The van der Waals surface area contributed by atoms with Gasteiger partial charge in [-0.2, -0.15) is 0 Å². The zero-order chi connectivity index (χ0) is 18.8. The second kappa shape index (κ2) is 7.56. The summed E-state index contributed by atoms with van der Waals surface area (Å²) in [6.07, 6.45) is 0.781. The summed E-state index contributed by atoms with van der Waals surface area (Å²) in [4.78, 5) is 40.8. The predicted molar refractivity (Wildman–Crippen MR) is 99.9 cm³/mol. The van der Waals surface area contributed by atoms with Crippen LogP contribution in [-0.2, 0) is 9.59 Å². The molecule has 1 fully saturated rings. The number of carbonyl (C=O) groups is 3. The fourth-order valence-electron chi connectivity index (χ4n) is 2.63. The van der Waals surface area contributed by atoms with Gasteiger partial charge in [0.25, 0.3) is 5.91 Å². The summed E-state index contributed by atoms with van der Waals surface area (Å²) in [5.41, 5.74) is 0.384. The molecule has 0 aromatic carbocycles. The largest absolute Gasteiger partial charge is 0.341 e. The van der Waals surface area contributed by atoms with Gasteiger partial charge in [0, 0.05) is 38.5 Å². The first-order valence-corrected chi connectivity index (χ1v) is 9.38. The molecule has 1 aromatic rings. The van der Waals surface area contributed by atoms with Gasteiger partial charge in [-0.05, 0) is 25.0 Å². The maximum absolute atomic E-state index is 12.9. The molecule has 0 atom stereocenters. The first-order chi connectivity index (χ1) is 11.6. The summed E-state index contributed by atoms with van der Waals surface area (Å²) in [5, 5.41) is 3.59. The fraction of sp³-hybridized carbons (Fsp3) is 0.611. The van der Waals surface area contributed by atoms with E-state index in [4.69, 9.17) is 0 Å². The van der Waals surface area contributed by atoms with E-state index in [-0.39, 0.29) is 17.7 Å². The Balaban J connectivity index is 2.09. The Hall–Kier alpha value is -1.89. The van der Waals surface area contributed by atoms with Crippen molar-refractivity contribution in [2.75, 3.05) is 31.5 Å². The molecule has 138 valence electrons. The van der Waals surface area contributed by atoms with Crippen LogP contribution in [0.3, 0.4) is 0 Å². The van der Waals surface area contributed by atoms with Gasteiger partial charge >= 0.3 is 0 Å². The van der Waals surface area contributed by atoms with Crippen LogP contribution in [0.5, 0.6) is 0 Å². The lowest BCUT2D eigenvalue weighted by atomic mass is 9.96. The van der Waals surface area contributed by atoms with E-state index in [1.165, 1.54) is 11.3 Å². The molecule has 3 amide bonds. The molecule has 0 saturated carbocycles. The second-order valence-electron chi connectivity index (χ2n) is 7.48. The highest BCUT2D eigenvalue weighted by Gasteiger charge is 2.26. The maximum atomic E-state index is 12.9. The molecule has 0 bridgehead atoms. The van der Waals surface area contributed by atoms with E-state index in [0.29, 0.717) is 36.1 Å². The minimum absolute atomic E-state index is 0.0239. The molecule has 6 nitrogen and oxygen atoms in total. The highest BCUT2D eigenvalue weighted by molar-refractivity contribution is 7.18. The molecule has 25 heavy (non-hydrogen) atoms. The van der Waals surface area contributed by atoms with Crippen molar-refractivity contribution in [2.24, 2.45) is 5.41 Å². The van der Waals surface area contributed by atoms with Crippen LogP contribution < -0.4 is 5.32 Å². The van der Waals surface area contributed by atoms with Gasteiger partial charge in [-0.15, -0.1) is 11.3 Å². The molecule has 1 aliphatic heterocycles. The SMILES string of the molecule is CC(=O)N1CCCN(C(=O)c2sc(NC(=O)C(C)(C)C)cc2C)CC1. The molecule has 1 N–H and O–H groups in total. The van der Waals surface area contributed by atoms with Crippen LogP contribution in [0.15, 0.2) is 6.07 Å². The predicted octanol–water partition coefficient (Wildman–Crippen LogP) is 2.74. The van der Waals surface area contributed by atoms with Crippen molar-refractivity contribution in [2.45, 2.75) is 41.0 Å². The van der Waals surface area contributed by atoms with Gasteiger partial charge in [-0.25, -0.2) is 0 Å². The van der Waals surface area contributed by atoms with E-state index in [1.807, 2.05) is 33.8 Å². The van der Waals surface area contributed by atoms with Crippen LogP contribution in [0.2, 0.25) is 0 Å². The Bertz CT molecular complexity index is 676. The number of aryl methyl sites for hydroxylation is 1. The van der Waals surface area contributed by atoms with Crippen molar-refractivity contribution in [3.63, 3.8) is 0 Å². The normalized spacial score (nSPS) is 15.7. The third kappa shape index (κ3) is 4.81. The number of hydrogen-bond donors (Lipinski definition) is 1. The highest BCUT2D eigenvalue weighted by Crippen LogP contribution is 2.29. The van der Waals surface area contributed by atoms with E-state index in [9.17, 15) is 14.4 Å². The first-order valence-electron chi connectivity index (χ1n) is 8.56. The first kappa shape index (κ1) is 19.4. The Morgan fingerprint density at radius 2 is 1.68 bits per heavy atom. The van der Waals surface area contributed by atoms with Gasteiger partial charge in [-0.1, -0.05) is 20.8 Å². The summed E-state index contributed by atoms with van der Waals surface area (Å²) in [6, 6.07) is 1.85. The van der Waals surface area contributed by atoms with Crippen LogP contribution in [-0.4, -0.2) is 53.7 Å². The van der Waals surface area contributed by atoms with Gasteiger partial charge in [0.2, 0.25) is 11.8 Å². The maximum Gasteiger partial charge on any atom is 0.264 e. The molecule has 2 heterocycles. The molecular weight excluding hydrogens is 338 g/mol. The van der Waals surface area contributed by atoms with Crippen molar-refractivity contribution in [1.29, 1.82) is 0 Å². The fourth-order valence-corrected chi connectivity index (χ4v) is 3.67. The Labute approximate surface area is 153 Å². The van der Waals surface area contributed by atoms with Crippen molar-refractivity contribution >= 4 is 34.1 Å². The van der Waals surface area contributed by atoms with Crippen molar-refractivity contribution < 1.29 is 14.4 Å². The van der Waals surface area contributed by atoms with Gasteiger partial charge in [0.15, 0.2) is 0 Å². The Morgan fingerprint density at radius 3 is 2.28 bits per heavy atom. The highest BCUT2D eigenvalue weighted by atomic mass is 32.1. The lowest BCUT2D eigenvalue weighted by Crippen LogP contribution is -2.36. The van der Waals surface area contributed by atoms with Crippen LogP contribution in [0.1, 0.15) is 49.4 Å². The zero-order valence-electron chi connectivity index (χ0n) is 15.6. The van der Waals surface area contributed by atoms with E-state index < -0.39 is 5.41 Å².